The molecule has 0 spiro atoms. The van der Waals surface area contributed by atoms with Crippen LogP contribution in [0.3, 0.4) is 0 Å². The van der Waals surface area contributed by atoms with Crippen LogP contribution in [0.4, 0.5) is 13.2 Å². The molecule has 0 saturated carbocycles. The summed E-state index contributed by atoms with van der Waals surface area (Å²) < 4.78 is 41.9. The van der Waals surface area contributed by atoms with Crippen LogP contribution in [0.1, 0.15) is 18.2 Å². The van der Waals surface area contributed by atoms with E-state index in [2.05, 4.69) is 20.9 Å². The Kier molecular flexibility index (Phi) is 3.72. The minimum atomic E-state index is -4.42. The van der Waals surface area contributed by atoms with E-state index in [0.717, 1.165) is 16.1 Å². The molecule has 0 radical (unpaired) electrons. The van der Waals surface area contributed by atoms with Gasteiger partial charge in [-0.2, -0.15) is 13.2 Å². The molecule has 0 aliphatic heterocycles. The fourth-order valence-electron chi connectivity index (χ4n) is 2.50. The molecular weight excluding hydrogens is 357 g/mol. The molecule has 0 atom stereocenters. The van der Waals surface area contributed by atoms with Crippen molar-refractivity contribution in [3.63, 3.8) is 0 Å². The van der Waals surface area contributed by atoms with Crippen molar-refractivity contribution in [3.05, 3.63) is 58.3 Å². The summed E-state index contributed by atoms with van der Waals surface area (Å²) in [6.45, 7) is 1.89. The van der Waals surface area contributed by atoms with Gasteiger partial charge in [0.1, 0.15) is 5.65 Å². The van der Waals surface area contributed by atoms with Gasteiger partial charge >= 0.3 is 6.18 Å². The maximum absolute atomic E-state index is 13.2. The van der Waals surface area contributed by atoms with E-state index in [1.54, 1.807) is 6.20 Å². The van der Waals surface area contributed by atoms with Crippen LogP contribution in [0, 0.1) is 0 Å². The van der Waals surface area contributed by atoms with Crippen molar-refractivity contribution >= 4 is 21.6 Å². The number of hydrogen-bond acceptors (Lipinski definition) is 1. The van der Waals surface area contributed by atoms with Gasteiger partial charge in [0.2, 0.25) is 0 Å². The number of benzene rings is 1. The molecule has 0 saturated heterocycles. The molecule has 22 heavy (non-hydrogen) atoms. The highest BCUT2D eigenvalue weighted by Gasteiger charge is 2.34. The summed E-state index contributed by atoms with van der Waals surface area (Å²) in [5.41, 5.74) is 1.43. The Morgan fingerprint density at radius 3 is 2.41 bits per heavy atom. The zero-order valence-electron chi connectivity index (χ0n) is 11.7. The molecule has 3 aromatic rings. The second-order valence-corrected chi connectivity index (χ2v) is 5.80. The maximum Gasteiger partial charge on any atom is 0.419 e. The van der Waals surface area contributed by atoms with Gasteiger partial charge in [-0.25, -0.2) is 4.98 Å². The lowest BCUT2D eigenvalue weighted by Crippen LogP contribution is -2.07. The van der Waals surface area contributed by atoms with E-state index < -0.39 is 11.7 Å². The van der Waals surface area contributed by atoms with Gasteiger partial charge in [-0.05, 0) is 30.7 Å². The second-order valence-electron chi connectivity index (χ2n) is 4.88. The van der Waals surface area contributed by atoms with Gasteiger partial charge in [0.05, 0.1) is 17.0 Å². The number of pyridine rings is 1. The molecule has 0 bridgehead atoms. The van der Waals surface area contributed by atoms with E-state index in [1.165, 1.54) is 10.5 Å². The van der Waals surface area contributed by atoms with E-state index in [1.807, 2.05) is 31.2 Å². The Bertz CT molecular complexity index is 820. The molecule has 0 amide bonds. The van der Waals surface area contributed by atoms with E-state index in [4.69, 9.17) is 0 Å². The summed E-state index contributed by atoms with van der Waals surface area (Å²) in [6.07, 6.45) is -2.24. The largest absolute Gasteiger partial charge is 0.419 e. The topological polar surface area (TPSA) is 17.3 Å². The van der Waals surface area contributed by atoms with Crippen molar-refractivity contribution in [3.8, 4) is 11.3 Å². The van der Waals surface area contributed by atoms with E-state index in [0.29, 0.717) is 17.8 Å². The molecule has 1 aromatic carbocycles. The lowest BCUT2D eigenvalue weighted by Gasteiger charge is -2.09. The van der Waals surface area contributed by atoms with Crippen molar-refractivity contribution in [1.82, 2.24) is 9.38 Å². The molecular formula is C16H12BrF3N2. The first-order chi connectivity index (χ1) is 10.4. The fourth-order valence-corrected chi connectivity index (χ4v) is 2.76. The highest BCUT2D eigenvalue weighted by molar-refractivity contribution is 9.10. The number of halogens is 4. The smallest absolute Gasteiger partial charge is 0.299 e. The van der Waals surface area contributed by atoms with Gasteiger partial charge < -0.3 is 0 Å². The summed E-state index contributed by atoms with van der Waals surface area (Å²) >= 11 is 3.36. The van der Waals surface area contributed by atoms with Crippen molar-refractivity contribution in [1.29, 1.82) is 0 Å². The third-order valence-corrected chi connectivity index (χ3v) is 4.01. The Labute approximate surface area is 133 Å². The molecule has 2 aromatic heterocycles. The third kappa shape index (κ3) is 2.52. The van der Waals surface area contributed by atoms with Gasteiger partial charge in [-0.1, -0.05) is 35.0 Å². The Hall–Kier alpha value is -1.82. The zero-order chi connectivity index (χ0) is 15.9. The fraction of sp³-hybridized carbons (Fsp3) is 0.188. The van der Waals surface area contributed by atoms with Crippen LogP contribution in [-0.4, -0.2) is 9.38 Å². The van der Waals surface area contributed by atoms with Crippen molar-refractivity contribution in [2.24, 2.45) is 0 Å². The molecule has 0 fully saturated rings. The Morgan fingerprint density at radius 2 is 1.82 bits per heavy atom. The molecule has 0 unspecified atom stereocenters. The summed E-state index contributed by atoms with van der Waals surface area (Å²) in [7, 11) is 0. The van der Waals surface area contributed by atoms with Crippen LogP contribution < -0.4 is 0 Å². The highest BCUT2D eigenvalue weighted by atomic mass is 79.9. The number of rotatable bonds is 2. The van der Waals surface area contributed by atoms with Gasteiger partial charge in [0.15, 0.2) is 0 Å². The normalized spacial score (nSPS) is 12.0. The third-order valence-electron chi connectivity index (χ3n) is 3.48. The lowest BCUT2D eigenvalue weighted by atomic mass is 10.1. The standard InChI is InChI=1S/C16H12BrF3N2/c1-2-13-14(10-5-7-11(17)8-6-10)22-9-3-4-12(15(22)21-13)16(18,19)20/h3-9H,2H2,1H3. The van der Waals surface area contributed by atoms with Crippen molar-refractivity contribution < 1.29 is 13.2 Å². The number of nitrogens with zero attached hydrogens (tertiary/aromatic N) is 2. The quantitative estimate of drug-likeness (QED) is 0.596. The van der Waals surface area contributed by atoms with Gasteiger partial charge in [-0.3, -0.25) is 4.40 Å². The van der Waals surface area contributed by atoms with Gasteiger partial charge in [-0.15, -0.1) is 0 Å². The van der Waals surface area contributed by atoms with Crippen LogP contribution in [0.2, 0.25) is 0 Å². The monoisotopic (exact) mass is 368 g/mol. The molecule has 114 valence electrons. The van der Waals surface area contributed by atoms with Crippen LogP contribution in [0.15, 0.2) is 47.1 Å². The number of fused-ring (bicyclic) bond motifs is 1. The molecule has 0 aliphatic carbocycles. The van der Waals surface area contributed by atoms with Crippen LogP contribution in [-0.2, 0) is 12.6 Å². The van der Waals surface area contributed by atoms with Crippen LogP contribution in [0.25, 0.3) is 16.9 Å². The summed E-state index contributed by atoms with van der Waals surface area (Å²) in [4.78, 5) is 4.23. The predicted molar refractivity (Wildman–Crippen MR) is 82.7 cm³/mol. The maximum atomic E-state index is 13.2. The minimum absolute atomic E-state index is 0.0511. The van der Waals surface area contributed by atoms with E-state index >= 15 is 0 Å². The zero-order valence-corrected chi connectivity index (χ0v) is 13.2. The first kappa shape index (κ1) is 15.1. The molecule has 2 nitrogen and oxygen atoms in total. The first-order valence-corrected chi connectivity index (χ1v) is 7.54. The molecule has 2 heterocycles. The molecule has 3 rings (SSSR count). The molecule has 6 heteroatoms. The van der Waals surface area contributed by atoms with Gasteiger partial charge in [0, 0.05) is 16.2 Å². The number of alkyl halides is 3. The van der Waals surface area contributed by atoms with E-state index in [9.17, 15) is 13.2 Å². The Balaban J connectivity index is 2.32. The van der Waals surface area contributed by atoms with E-state index in [-0.39, 0.29) is 5.65 Å². The number of aryl methyl sites for hydroxylation is 1. The van der Waals surface area contributed by atoms with Gasteiger partial charge in [0.25, 0.3) is 0 Å². The lowest BCUT2D eigenvalue weighted by molar-refractivity contribution is -0.136. The molecule has 0 aliphatic rings. The first-order valence-electron chi connectivity index (χ1n) is 6.75. The summed E-state index contributed by atoms with van der Waals surface area (Å²) in [5.74, 6) is 0. The highest BCUT2D eigenvalue weighted by Crippen LogP contribution is 2.35. The average molecular weight is 369 g/mol. The Morgan fingerprint density at radius 1 is 1.14 bits per heavy atom. The minimum Gasteiger partial charge on any atom is -0.299 e. The van der Waals surface area contributed by atoms with Crippen molar-refractivity contribution in [2.75, 3.05) is 0 Å². The number of hydrogen-bond donors (Lipinski definition) is 0. The second kappa shape index (κ2) is 5.43. The van der Waals surface area contributed by atoms with Crippen molar-refractivity contribution in [2.45, 2.75) is 19.5 Å². The predicted octanol–water partition coefficient (Wildman–Crippen LogP) is 5.35. The SMILES string of the molecule is CCc1nc2c(C(F)(F)F)cccn2c1-c1ccc(Br)cc1. The summed E-state index contributed by atoms with van der Waals surface area (Å²) in [5, 5.41) is 0. The number of aromatic nitrogens is 2. The van der Waals surface area contributed by atoms with Crippen LogP contribution in [0.5, 0.6) is 0 Å². The average Bonchev–Trinajstić information content (AvgIpc) is 2.85. The summed E-state index contributed by atoms with van der Waals surface area (Å²) in [6, 6.07) is 9.93. The molecule has 0 N–H and O–H groups in total. The number of imidazole rings is 1. The van der Waals surface area contributed by atoms with Crippen LogP contribution >= 0.6 is 15.9 Å².